The predicted octanol–water partition coefficient (Wildman–Crippen LogP) is 2.83. The summed E-state index contributed by atoms with van der Waals surface area (Å²) in [6.07, 6.45) is 1.56. The minimum atomic E-state index is -0.174. The summed E-state index contributed by atoms with van der Waals surface area (Å²) in [4.78, 5) is 10.7. The molecule has 0 unspecified atom stereocenters. The molecule has 0 aromatic carbocycles. The lowest BCUT2D eigenvalue weighted by atomic mass is 9.85. The minimum absolute atomic E-state index is 0.0755. The number of hydrogen-bond donors (Lipinski definition) is 0. The van der Waals surface area contributed by atoms with Gasteiger partial charge in [0.1, 0.15) is 5.69 Å². The quantitative estimate of drug-likeness (QED) is 0.707. The SMILES string of the molecule is CCC(C)(C)c1noc(Cl)c1C=O. The molecule has 0 N–H and O–H groups in total. The monoisotopic (exact) mass is 201 g/mol. The third-order valence-corrected chi connectivity index (χ3v) is 2.60. The Morgan fingerprint density at radius 3 is 2.69 bits per heavy atom. The van der Waals surface area contributed by atoms with Gasteiger partial charge >= 0.3 is 0 Å². The van der Waals surface area contributed by atoms with Gasteiger partial charge < -0.3 is 4.52 Å². The van der Waals surface area contributed by atoms with Gasteiger partial charge in [-0.05, 0) is 18.0 Å². The van der Waals surface area contributed by atoms with E-state index in [-0.39, 0.29) is 10.6 Å². The molecule has 0 spiro atoms. The summed E-state index contributed by atoms with van der Waals surface area (Å²) in [7, 11) is 0. The average Bonchev–Trinajstić information content (AvgIpc) is 2.47. The van der Waals surface area contributed by atoms with Crippen LogP contribution in [0.2, 0.25) is 5.22 Å². The molecule has 72 valence electrons. The molecule has 0 saturated carbocycles. The average molecular weight is 202 g/mol. The molecule has 0 aliphatic heterocycles. The molecule has 0 amide bonds. The van der Waals surface area contributed by atoms with Gasteiger partial charge in [0, 0.05) is 5.41 Å². The van der Waals surface area contributed by atoms with Crippen molar-refractivity contribution in [1.82, 2.24) is 5.16 Å². The highest BCUT2D eigenvalue weighted by Crippen LogP contribution is 2.31. The van der Waals surface area contributed by atoms with E-state index in [0.717, 1.165) is 6.42 Å². The second-order valence-corrected chi connectivity index (χ2v) is 3.92. The predicted molar refractivity (Wildman–Crippen MR) is 50.2 cm³/mol. The third-order valence-electron chi connectivity index (χ3n) is 2.33. The lowest BCUT2D eigenvalue weighted by Gasteiger charge is -2.19. The van der Waals surface area contributed by atoms with Crippen LogP contribution in [0.3, 0.4) is 0 Å². The van der Waals surface area contributed by atoms with Gasteiger partial charge in [0.25, 0.3) is 0 Å². The van der Waals surface area contributed by atoms with Crippen molar-refractivity contribution in [1.29, 1.82) is 0 Å². The maximum Gasteiger partial charge on any atom is 0.236 e. The second-order valence-electron chi connectivity index (χ2n) is 3.57. The molecule has 3 nitrogen and oxygen atoms in total. The van der Waals surface area contributed by atoms with Gasteiger partial charge in [-0.15, -0.1) is 0 Å². The standard InChI is InChI=1S/C9H12ClNO2/c1-4-9(2,3)7-6(5-12)8(10)13-11-7/h5H,4H2,1-3H3. The number of rotatable bonds is 3. The van der Waals surface area contributed by atoms with Crippen LogP contribution in [-0.4, -0.2) is 11.4 Å². The van der Waals surface area contributed by atoms with Crippen molar-refractivity contribution in [3.05, 3.63) is 16.5 Å². The highest BCUT2D eigenvalue weighted by molar-refractivity contribution is 6.31. The van der Waals surface area contributed by atoms with Crippen molar-refractivity contribution >= 4 is 17.9 Å². The number of hydrogen-bond acceptors (Lipinski definition) is 3. The number of carbonyl (C=O) groups excluding carboxylic acids is 1. The largest absolute Gasteiger partial charge is 0.343 e. The maximum atomic E-state index is 10.7. The molecule has 4 heteroatoms. The summed E-state index contributed by atoms with van der Waals surface area (Å²) in [5.41, 5.74) is 0.830. The van der Waals surface area contributed by atoms with E-state index in [2.05, 4.69) is 5.16 Å². The van der Waals surface area contributed by atoms with Crippen LogP contribution in [0.5, 0.6) is 0 Å². The van der Waals surface area contributed by atoms with Crippen LogP contribution in [0.15, 0.2) is 4.52 Å². The van der Waals surface area contributed by atoms with Gasteiger partial charge in [-0.2, -0.15) is 0 Å². The van der Waals surface area contributed by atoms with Crippen molar-refractivity contribution in [2.75, 3.05) is 0 Å². The topological polar surface area (TPSA) is 43.1 Å². The highest BCUT2D eigenvalue weighted by Gasteiger charge is 2.27. The van der Waals surface area contributed by atoms with Crippen LogP contribution in [0.25, 0.3) is 0 Å². The second kappa shape index (κ2) is 3.50. The van der Waals surface area contributed by atoms with Gasteiger partial charge in [-0.3, -0.25) is 4.79 Å². The first kappa shape index (κ1) is 10.3. The Hall–Kier alpha value is -0.830. The normalized spacial score (nSPS) is 11.7. The van der Waals surface area contributed by atoms with Crippen LogP contribution < -0.4 is 0 Å². The maximum absolute atomic E-state index is 10.7. The van der Waals surface area contributed by atoms with Gasteiger partial charge in [0.2, 0.25) is 5.22 Å². The first-order valence-electron chi connectivity index (χ1n) is 4.13. The van der Waals surface area contributed by atoms with Crippen LogP contribution in [0.1, 0.15) is 43.2 Å². The highest BCUT2D eigenvalue weighted by atomic mass is 35.5. The zero-order chi connectivity index (χ0) is 10.1. The van der Waals surface area contributed by atoms with E-state index in [4.69, 9.17) is 16.1 Å². The summed E-state index contributed by atoms with van der Waals surface area (Å²) >= 11 is 5.65. The van der Waals surface area contributed by atoms with E-state index in [1.807, 2.05) is 20.8 Å². The molecule has 0 radical (unpaired) electrons. The molecule has 0 saturated heterocycles. The van der Waals surface area contributed by atoms with E-state index in [1.54, 1.807) is 0 Å². The van der Waals surface area contributed by atoms with Crippen LogP contribution >= 0.6 is 11.6 Å². The van der Waals surface area contributed by atoms with Crippen molar-refractivity contribution in [3.8, 4) is 0 Å². The van der Waals surface area contributed by atoms with Gasteiger partial charge in [0.05, 0.1) is 5.56 Å². The smallest absolute Gasteiger partial charge is 0.236 e. The number of nitrogens with zero attached hydrogens (tertiary/aromatic N) is 1. The van der Waals surface area contributed by atoms with Crippen LogP contribution in [0.4, 0.5) is 0 Å². The zero-order valence-corrected chi connectivity index (χ0v) is 8.68. The molecule has 0 atom stereocenters. The number of halogens is 1. The molecule has 1 heterocycles. The summed E-state index contributed by atoms with van der Waals surface area (Å²) in [6, 6.07) is 0. The van der Waals surface area contributed by atoms with Gasteiger partial charge in [0.15, 0.2) is 6.29 Å². The van der Waals surface area contributed by atoms with Crippen molar-refractivity contribution in [2.45, 2.75) is 32.6 Å². The minimum Gasteiger partial charge on any atom is -0.343 e. The Morgan fingerprint density at radius 2 is 2.23 bits per heavy atom. The van der Waals surface area contributed by atoms with Crippen molar-refractivity contribution < 1.29 is 9.32 Å². The van der Waals surface area contributed by atoms with E-state index in [9.17, 15) is 4.79 Å². The fourth-order valence-electron chi connectivity index (χ4n) is 1.03. The molecule has 13 heavy (non-hydrogen) atoms. The summed E-state index contributed by atoms with van der Waals surface area (Å²) < 4.78 is 4.76. The molecule has 0 aliphatic rings. The Morgan fingerprint density at radius 1 is 1.62 bits per heavy atom. The first-order valence-corrected chi connectivity index (χ1v) is 4.51. The molecule has 1 rings (SSSR count). The summed E-state index contributed by atoms with van der Waals surface area (Å²) in [6.45, 7) is 6.01. The van der Waals surface area contributed by atoms with E-state index < -0.39 is 0 Å². The Kier molecular flexibility index (Phi) is 2.76. The van der Waals surface area contributed by atoms with E-state index in [0.29, 0.717) is 17.5 Å². The molecule has 0 bridgehead atoms. The molecule has 0 fully saturated rings. The van der Waals surface area contributed by atoms with Crippen molar-refractivity contribution in [2.24, 2.45) is 0 Å². The van der Waals surface area contributed by atoms with Gasteiger partial charge in [-0.25, -0.2) is 0 Å². The van der Waals surface area contributed by atoms with Gasteiger partial charge in [-0.1, -0.05) is 25.9 Å². The van der Waals surface area contributed by atoms with Crippen LogP contribution in [0, 0.1) is 0 Å². The molecule has 1 aromatic rings. The molecule has 0 aliphatic carbocycles. The number of aldehydes is 1. The fraction of sp³-hybridized carbons (Fsp3) is 0.556. The zero-order valence-electron chi connectivity index (χ0n) is 7.93. The Bertz CT molecular complexity index is 317. The molecular weight excluding hydrogens is 190 g/mol. The Labute approximate surface area is 82.1 Å². The molecule has 1 aromatic heterocycles. The van der Waals surface area contributed by atoms with Crippen LogP contribution in [-0.2, 0) is 5.41 Å². The fourth-order valence-corrected chi connectivity index (χ4v) is 1.20. The van der Waals surface area contributed by atoms with E-state index in [1.165, 1.54) is 0 Å². The lowest BCUT2D eigenvalue weighted by molar-refractivity contribution is 0.112. The van der Waals surface area contributed by atoms with E-state index >= 15 is 0 Å². The van der Waals surface area contributed by atoms with Crippen molar-refractivity contribution in [3.63, 3.8) is 0 Å². The lowest BCUT2D eigenvalue weighted by Crippen LogP contribution is -2.17. The first-order chi connectivity index (χ1) is 6.03. The Balaban J connectivity index is 3.21. The summed E-state index contributed by atoms with van der Waals surface area (Å²) in [5.74, 6) is 0. The summed E-state index contributed by atoms with van der Waals surface area (Å²) in [5, 5.41) is 3.87. The molecular formula is C9H12ClNO2. The third kappa shape index (κ3) is 1.75. The number of carbonyl (C=O) groups is 1. The number of aromatic nitrogens is 1.